The van der Waals surface area contributed by atoms with E-state index in [2.05, 4.69) is 92.5 Å². The van der Waals surface area contributed by atoms with Gasteiger partial charge in [-0.1, -0.05) is 66.7 Å². The van der Waals surface area contributed by atoms with Crippen molar-refractivity contribution < 1.29 is 9.47 Å². The molecule has 2 aliphatic rings. The molecule has 2 fully saturated rings. The van der Waals surface area contributed by atoms with Gasteiger partial charge >= 0.3 is 0 Å². The minimum absolute atomic E-state index is 0.0873. The summed E-state index contributed by atoms with van der Waals surface area (Å²) in [5, 5.41) is 3.53. The predicted octanol–water partition coefficient (Wildman–Crippen LogP) is 6.31. The first kappa shape index (κ1) is 27.4. The lowest BCUT2D eigenvalue weighted by molar-refractivity contribution is -0.0298. The molecule has 43 heavy (non-hydrogen) atoms. The second kappa shape index (κ2) is 12.8. The van der Waals surface area contributed by atoms with E-state index in [9.17, 15) is 0 Å². The zero-order valence-electron chi connectivity index (χ0n) is 24.3. The van der Waals surface area contributed by atoms with Gasteiger partial charge in [-0.15, -0.1) is 0 Å². The molecular formula is C34H37N7O2. The Balaban J connectivity index is 1.30. The third kappa shape index (κ3) is 6.33. The Kier molecular flexibility index (Phi) is 8.15. The van der Waals surface area contributed by atoms with Crippen molar-refractivity contribution in [3.8, 4) is 0 Å². The summed E-state index contributed by atoms with van der Waals surface area (Å²) >= 11 is 0. The van der Waals surface area contributed by atoms with Crippen LogP contribution in [0.25, 0.3) is 11.2 Å². The second-order valence-corrected chi connectivity index (χ2v) is 11.1. The van der Waals surface area contributed by atoms with Crippen LogP contribution in [0.5, 0.6) is 0 Å². The maximum Gasteiger partial charge on any atom is 0.231 e. The smallest absolute Gasteiger partial charge is 0.231 e. The van der Waals surface area contributed by atoms with E-state index in [1.165, 1.54) is 11.1 Å². The lowest BCUT2D eigenvalue weighted by Gasteiger charge is -2.29. The van der Waals surface area contributed by atoms with Gasteiger partial charge in [0.15, 0.2) is 17.0 Å². The molecule has 0 amide bonds. The Bertz CT molecular complexity index is 1590. The number of imidazole rings is 1. The van der Waals surface area contributed by atoms with Gasteiger partial charge in [-0.25, -0.2) is 4.98 Å². The molecule has 2 saturated heterocycles. The maximum absolute atomic E-state index is 6.18. The van der Waals surface area contributed by atoms with E-state index in [4.69, 9.17) is 24.4 Å². The van der Waals surface area contributed by atoms with Crippen molar-refractivity contribution >= 4 is 34.3 Å². The van der Waals surface area contributed by atoms with E-state index in [1.54, 1.807) is 0 Å². The van der Waals surface area contributed by atoms with Crippen LogP contribution in [0.1, 0.15) is 36.6 Å². The Morgan fingerprint density at radius 2 is 1.56 bits per heavy atom. The van der Waals surface area contributed by atoms with Crippen LogP contribution in [0.2, 0.25) is 0 Å². The topological polar surface area (TPSA) is 80.6 Å². The third-order valence-electron chi connectivity index (χ3n) is 8.08. The van der Waals surface area contributed by atoms with Crippen LogP contribution in [0.15, 0.2) is 91.3 Å². The van der Waals surface area contributed by atoms with Crippen molar-refractivity contribution in [3.63, 3.8) is 0 Å². The van der Waals surface area contributed by atoms with Crippen LogP contribution in [0.3, 0.4) is 0 Å². The minimum Gasteiger partial charge on any atom is -0.378 e. The first-order valence-electron chi connectivity index (χ1n) is 15.2. The van der Waals surface area contributed by atoms with Crippen LogP contribution in [-0.2, 0) is 22.6 Å². The van der Waals surface area contributed by atoms with Crippen molar-refractivity contribution in [3.05, 3.63) is 102 Å². The number of nitrogens with zero attached hydrogens (tertiary/aromatic N) is 6. The summed E-state index contributed by atoms with van der Waals surface area (Å²) in [6, 6.07) is 29.5. The molecule has 3 aromatic carbocycles. The van der Waals surface area contributed by atoms with Gasteiger partial charge in [0.1, 0.15) is 6.23 Å². The van der Waals surface area contributed by atoms with Gasteiger partial charge < -0.3 is 24.6 Å². The van der Waals surface area contributed by atoms with Crippen molar-refractivity contribution in [1.29, 1.82) is 0 Å². The van der Waals surface area contributed by atoms with Gasteiger partial charge in [0, 0.05) is 44.2 Å². The first-order chi connectivity index (χ1) is 21.3. The number of ether oxygens (including phenoxy) is 2. The van der Waals surface area contributed by atoms with Crippen LogP contribution < -0.4 is 15.1 Å². The van der Waals surface area contributed by atoms with Gasteiger partial charge in [-0.2, -0.15) is 9.97 Å². The van der Waals surface area contributed by atoms with Crippen molar-refractivity contribution in [2.24, 2.45) is 0 Å². The summed E-state index contributed by atoms with van der Waals surface area (Å²) in [6.07, 6.45) is 4.92. The number of hydrogen-bond acceptors (Lipinski definition) is 8. The zero-order chi connectivity index (χ0) is 28.8. The quantitative estimate of drug-likeness (QED) is 0.219. The van der Waals surface area contributed by atoms with E-state index < -0.39 is 0 Å². The molecule has 0 aliphatic carbocycles. The number of anilines is 4. The number of rotatable bonds is 9. The Morgan fingerprint density at radius 3 is 2.26 bits per heavy atom. The standard InChI is InChI=1S/C34H37N7O2/c1-3-10-26(11-4-1)23-40(24-27-12-5-2-6-13-27)32-31-33(41(25-35-31)30-16-7-8-19-43-30)38-34(37-32)36-28-14-9-15-29(22-28)39-17-20-42-21-18-39/h1-6,9-15,22,25,30H,7-8,16-21,23-24H2,(H,36,37,38). The highest BCUT2D eigenvalue weighted by atomic mass is 16.5. The van der Waals surface area contributed by atoms with E-state index >= 15 is 0 Å². The predicted molar refractivity (Wildman–Crippen MR) is 170 cm³/mol. The van der Waals surface area contributed by atoms with Gasteiger partial charge in [0.25, 0.3) is 0 Å². The number of aromatic nitrogens is 4. The van der Waals surface area contributed by atoms with E-state index in [0.717, 1.165) is 80.5 Å². The van der Waals surface area contributed by atoms with E-state index in [0.29, 0.717) is 19.0 Å². The SMILES string of the molecule is c1ccc(CN(Cc2ccccc2)c2nc(Nc3cccc(N4CCOCC4)c3)nc3c2ncn3C2CCCCO2)cc1. The zero-order valence-corrected chi connectivity index (χ0v) is 24.3. The summed E-state index contributed by atoms with van der Waals surface area (Å²) in [4.78, 5) is 19.7. The van der Waals surface area contributed by atoms with Crippen molar-refractivity contribution in [1.82, 2.24) is 19.5 Å². The number of benzene rings is 3. The lowest BCUT2D eigenvalue weighted by Crippen LogP contribution is -2.36. The van der Waals surface area contributed by atoms with Crippen LogP contribution in [0, 0.1) is 0 Å². The molecule has 5 aromatic rings. The highest BCUT2D eigenvalue weighted by Gasteiger charge is 2.24. The molecule has 220 valence electrons. The molecular weight excluding hydrogens is 538 g/mol. The highest BCUT2D eigenvalue weighted by molar-refractivity contribution is 5.85. The lowest BCUT2D eigenvalue weighted by atomic mass is 10.1. The summed E-state index contributed by atoms with van der Waals surface area (Å²) < 4.78 is 13.8. The number of fused-ring (bicyclic) bond motifs is 1. The van der Waals surface area contributed by atoms with E-state index in [1.807, 2.05) is 18.5 Å². The summed E-state index contributed by atoms with van der Waals surface area (Å²) in [6.45, 7) is 5.35. The normalized spacial score (nSPS) is 17.2. The molecule has 7 rings (SSSR count). The number of hydrogen-bond donors (Lipinski definition) is 1. The molecule has 1 N–H and O–H groups in total. The Hall–Kier alpha value is -4.47. The van der Waals surface area contributed by atoms with Gasteiger partial charge in [-0.3, -0.25) is 4.57 Å². The fourth-order valence-corrected chi connectivity index (χ4v) is 5.88. The fourth-order valence-electron chi connectivity index (χ4n) is 5.88. The molecule has 2 aromatic heterocycles. The highest BCUT2D eigenvalue weighted by Crippen LogP contribution is 2.32. The first-order valence-corrected chi connectivity index (χ1v) is 15.2. The molecule has 0 saturated carbocycles. The molecule has 1 unspecified atom stereocenters. The van der Waals surface area contributed by atoms with Gasteiger partial charge in [0.05, 0.1) is 19.5 Å². The Morgan fingerprint density at radius 1 is 0.814 bits per heavy atom. The average Bonchev–Trinajstić information content (AvgIpc) is 3.50. The summed E-state index contributed by atoms with van der Waals surface area (Å²) in [5.74, 6) is 1.32. The second-order valence-electron chi connectivity index (χ2n) is 11.1. The van der Waals surface area contributed by atoms with Crippen molar-refractivity contribution in [2.45, 2.75) is 38.6 Å². The summed E-state index contributed by atoms with van der Waals surface area (Å²) in [7, 11) is 0. The van der Waals surface area contributed by atoms with Crippen LogP contribution >= 0.6 is 0 Å². The minimum atomic E-state index is -0.0873. The molecule has 4 heterocycles. The molecule has 9 nitrogen and oxygen atoms in total. The monoisotopic (exact) mass is 575 g/mol. The average molecular weight is 576 g/mol. The molecule has 2 aliphatic heterocycles. The Labute approximate surface area is 252 Å². The molecule has 9 heteroatoms. The fraction of sp³-hybridized carbons (Fsp3) is 0.324. The number of nitrogens with one attached hydrogen (secondary N) is 1. The van der Waals surface area contributed by atoms with E-state index in [-0.39, 0.29) is 6.23 Å². The molecule has 0 radical (unpaired) electrons. The molecule has 0 bridgehead atoms. The van der Waals surface area contributed by atoms with Gasteiger partial charge in [0.2, 0.25) is 5.95 Å². The van der Waals surface area contributed by atoms with Crippen LogP contribution in [-0.4, -0.2) is 52.4 Å². The number of morpholine rings is 1. The maximum atomic E-state index is 6.18. The van der Waals surface area contributed by atoms with Crippen molar-refractivity contribution in [2.75, 3.05) is 48.0 Å². The largest absolute Gasteiger partial charge is 0.378 e. The third-order valence-corrected chi connectivity index (χ3v) is 8.08. The molecule has 1 atom stereocenters. The van der Waals surface area contributed by atoms with Crippen LogP contribution in [0.4, 0.5) is 23.1 Å². The summed E-state index contributed by atoms with van der Waals surface area (Å²) in [5.41, 5.74) is 6.04. The van der Waals surface area contributed by atoms with Gasteiger partial charge in [-0.05, 0) is 48.6 Å². The molecule has 0 spiro atoms.